The number of hydrogen-bond donors (Lipinski definition) is 3. The Hall–Kier alpha value is -3.15. The maximum Gasteiger partial charge on any atom is 0.312 e. The van der Waals surface area contributed by atoms with Crippen molar-refractivity contribution in [1.82, 2.24) is 10.6 Å². The Morgan fingerprint density at radius 3 is 2.14 bits per heavy atom. The quantitative estimate of drug-likeness (QED) is 0.588. The lowest BCUT2D eigenvalue weighted by Crippen LogP contribution is -2.48. The Morgan fingerprint density at radius 2 is 1.57 bits per heavy atom. The summed E-state index contributed by atoms with van der Waals surface area (Å²) in [5, 5.41) is 14.9. The molecule has 0 saturated carbocycles. The topological polar surface area (TPSA) is 95.5 Å². The Morgan fingerprint density at radius 1 is 0.964 bits per heavy atom. The number of benzene rings is 2. The number of hydrogen-bond acceptors (Lipinski definition) is 3. The van der Waals surface area contributed by atoms with Gasteiger partial charge in [0.25, 0.3) is 0 Å². The van der Waals surface area contributed by atoms with Crippen molar-refractivity contribution >= 4 is 17.8 Å². The standard InChI is InChI=1S/C22H26N2O4/c1-2-9-19(24-20(25)14-16-10-5-3-6-11-16)21(26)23-15-18(22(27)28)17-12-7-4-8-13-17/h3-8,10-13,18-19H,2,9,14-15H2,1H3,(H,23,26)(H,24,25)(H,27,28). The van der Waals surface area contributed by atoms with Crippen molar-refractivity contribution in [1.29, 1.82) is 0 Å². The third kappa shape index (κ3) is 6.54. The van der Waals surface area contributed by atoms with E-state index in [0.29, 0.717) is 18.4 Å². The van der Waals surface area contributed by atoms with Crippen LogP contribution in [0.15, 0.2) is 60.7 Å². The van der Waals surface area contributed by atoms with Crippen molar-refractivity contribution in [3.63, 3.8) is 0 Å². The van der Waals surface area contributed by atoms with E-state index in [1.54, 1.807) is 30.3 Å². The second-order valence-electron chi connectivity index (χ2n) is 6.62. The highest BCUT2D eigenvalue weighted by atomic mass is 16.4. The van der Waals surface area contributed by atoms with Crippen LogP contribution in [-0.4, -0.2) is 35.5 Å². The van der Waals surface area contributed by atoms with Crippen LogP contribution in [0.1, 0.15) is 36.8 Å². The van der Waals surface area contributed by atoms with Gasteiger partial charge in [0, 0.05) is 6.54 Å². The van der Waals surface area contributed by atoms with Crippen molar-refractivity contribution in [2.75, 3.05) is 6.54 Å². The first-order chi connectivity index (χ1) is 13.5. The molecule has 0 aromatic heterocycles. The Kier molecular flexibility index (Phi) is 8.21. The number of amides is 2. The molecule has 6 heteroatoms. The van der Waals surface area contributed by atoms with E-state index >= 15 is 0 Å². The average molecular weight is 382 g/mol. The second-order valence-corrected chi connectivity index (χ2v) is 6.62. The van der Waals surface area contributed by atoms with Crippen molar-refractivity contribution in [3.05, 3.63) is 71.8 Å². The summed E-state index contributed by atoms with van der Waals surface area (Å²) in [6, 6.07) is 17.4. The highest BCUT2D eigenvalue weighted by Crippen LogP contribution is 2.15. The summed E-state index contributed by atoms with van der Waals surface area (Å²) in [5.41, 5.74) is 1.49. The number of rotatable bonds is 10. The van der Waals surface area contributed by atoms with Gasteiger partial charge in [0.2, 0.25) is 11.8 Å². The zero-order valence-electron chi connectivity index (χ0n) is 15.9. The molecule has 2 atom stereocenters. The molecule has 2 amide bonds. The number of carboxylic acids is 1. The fraction of sp³-hybridized carbons (Fsp3) is 0.318. The molecular formula is C22H26N2O4. The van der Waals surface area contributed by atoms with Crippen molar-refractivity contribution in [2.24, 2.45) is 0 Å². The van der Waals surface area contributed by atoms with Crippen molar-refractivity contribution in [2.45, 2.75) is 38.1 Å². The molecule has 0 heterocycles. The van der Waals surface area contributed by atoms with Crippen molar-refractivity contribution < 1.29 is 19.5 Å². The molecule has 6 nitrogen and oxygen atoms in total. The van der Waals surface area contributed by atoms with Crippen LogP contribution in [0.25, 0.3) is 0 Å². The highest BCUT2D eigenvalue weighted by Gasteiger charge is 2.24. The van der Waals surface area contributed by atoms with Crippen LogP contribution in [0.4, 0.5) is 0 Å². The number of nitrogens with one attached hydrogen (secondary N) is 2. The molecule has 28 heavy (non-hydrogen) atoms. The van der Waals surface area contributed by atoms with E-state index in [-0.39, 0.29) is 24.8 Å². The van der Waals surface area contributed by atoms with E-state index in [1.807, 2.05) is 37.3 Å². The Balaban J connectivity index is 1.95. The van der Waals surface area contributed by atoms with Crippen LogP contribution >= 0.6 is 0 Å². The van der Waals surface area contributed by atoms with Gasteiger partial charge in [-0.05, 0) is 17.5 Å². The zero-order chi connectivity index (χ0) is 20.4. The first kappa shape index (κ1) is 21.2. The SMILES string of the molecule is CCCC(NC(=O)Cc1ccccc1)C(=O)NCC(C(=O)O)c1ccccc1. The summed E-state index contributed by atoms with van der Waals surface area (Å²) in [6.07, 6.45) is 1.39. The largest absolute Gasteiger partial charge is 0.481 e. The van der Waals surface area contributed by atoms with E-state index in [0.717, 1.165) is 5.56 Å². The molecule has 148 valence electrons. The summed E-state index contributed by atoms with van der Waals surface area (Å²) in [7, 11) is 0. The van der Waals surface area contributed by atoms with E-state index < -0.39 is 17.9 Å². The molecule has 2 unspecified atom stereocenters. The maximum absolute atomic E-state index is 12.6. The fourth-order valence-electron chi connectivity index (χ4n) is 2.94. The molecule has 0 aliphatic rings. The zero-order valence-corrected chi connectivity index (χ0v) is 15.9. The van der Waals surface area contributed by atoms with Crippen LogP contribution in [0.5, 0.6) is 0 Å². The normalized spacial score (nSPS) is 12.6. The average Bonchev–Trinajstić information content (AvgIpc) is 2.69. The monoisotopic (exact) mass is 382 g/mol. The van der Waals surface area contributed by atoms with Gasteiger partial charge in [0.05, 0.1) is 12.3 Å². The van der Waals surface area contributed by atoms with E-state index in [1.165, 1.54) is 0 Å². The van der Waals surface area contributed by atoms with E-state index in [4.69, 9.17) is 0 Å². The minimum atomic E-state index is -1.01. The molecular weight excluding hydrogens is 356 g/mol. The summed E-state index contributed by atoms with van der Waals surface area (Å²) in [6.45, 7) is 1.89. The first-order valence-corrected chi connectivity index (χ1v) is 9.40. The van der Waals surface area contributed by atoms with Crippen LogP contribution < -0.4 is 10.6 Å². The molecule has 0 aliphatic heterocycles. The summed E-state index contributed by atoms with van der Waals surface area (Å²) < 4.78 is 0. The third-order valence-corrected chi connectivity index (χ3v) is 4.42. The number of carbonyl (C=O) groups is 3. The lowest BCUT2D eigenvalue weighted by atomic mass is 9.99. The number of carbonyl (C=O) groups excluding carboxylic acids is 2. The Bertz CT molecular complexity index is 778. The molecule has 0 fully saturated rings. The fourth-order valence-corrected chi connectivity index (χ4v) is 2.94. The molecule has 2 aromatic rings. The van der Waals surface area contributed by atoms with Crippen LogP contribution in [0.2, 0.25) is 0 Å². The first-order valence-electron chi connectivity index (χ1n) is 9.40. The van der Waals surface area contributed by atoms with Gasteiger partial charge < -0.3 is 15.7 Å². The third-order valence-electron chi connectivity index (χ3n) is 4.42. The van der Waals surface area contributed by atoms with Gasteiger partial charge >= 0.3 is 5.97 Å². The summed E-state index contributed by atoms with van der Waals surface area (Å²) in [5.74, 6) is -2.46. The van der Waals surface area contributed by atoms with Crippen LogP contribution in [0, 0.1) is 0 Å². The van der Waals surface area contributed by atoms with Gasteiger partial charge in [0.15, 0.2) is 0 Å². The molecule has 3 N–H and O–H groups in total. The van der Waals surface area contributed by atoms with Crippen molar-refractivity contribution in [3.8, 4) is 0 Å². The lowest BCUT2D eigenvalue weighted by Gasteiger charge is -2.20. The van der Waals surface area contributed by atoms with Gasteiger partial charge in [-0.25, -0.2) is 0 Å². The van der Waals surface area contributed by atoms with Crippen LogP contribution in [0.3, 0.4) is 0 Å². The van der Waals surface area contributed by atoms with Crippen LogP contribution in [-0.2, 0) is 20.8 Å². The van der Waals surface area contributed by atoms with Gasteiger partial charge in [-0.15, -0.1) is 0 Å². The number of aliphatic carboxylic acids is 1. The maximum atomic E-state index is 12.6. The molecule has 0 radical (unpaired) electrons. The molecule has 2 rings (SSSR count). The molecule has 0 aliphatic carbocycles. The smallest absolute Gasteiger partial charge is 0.312 e. The molecule has 0 bridgehead atoms. The molecule has 0 saturated heterocycles. The number of carboxylic acid groups (broad SMARTS) is 1. The predicted molar refractivity (Wildman–Crippen MR) is 107 cm³/mol. The second kappa shape index (κ2) is 10.9. The van der Waals surface area contributed by atoms with Gasteiger partial charge in [-0.2, -0.15) is 0 Å². The lowest BCUT2D eigenvalue weighted by molar-refractivity contribution is -0.139. The van der Waals surface area contributed by atoms with E-state index in [9.17, 15) is 19.5 Å². The Labute approximate surface area is 165 Å². The molecule has 2 aromatic carbocycles. The minimum absolute atomic E-state index is 0.0348. The minimum Gasteiger partial charge on any atom is -0.481 e. The van der Waals surface area contributed by atoms with Gasteiger partial charge in [-0.1, -0.05) is 74.0 Å². The van der Waals surface area contributed by atoms with Gasteiger partial charge in [-0.3, -0.25) is 14.4 Å². The van der Waals surface area contributed by atoms with Gasteiger partial charge in [0.1, 0.15) is 6.04 Å². The molecule has 0 spiro atoms. The predicted octanol–water partition coefficient (Wildman–Crippen LogP) is 2.50. The summed E-state index contributed by atoms with van der Waals surface area (Å²) >= 11 is 0. The summed E-state index contributed by atoms with van der Waals surface area (Å²) in [4.78, 5) is 36.4. The van der Waals surface area contributed by atoms with E-state index in [2.05, 4.69) is 10.6 Å². The highest BCUT2D eigenvalue weighted by molar-refractivity contribution is 5.88.